The Morgan fingerprint density at radius 1 is 1.00 bits per heavy atom. The smallest absolute Gasteiger partial charge is 0.319 e. The highest BCUT2D eigenvalue weighted by Crippen LogP contribution is 2.24. The second-order valence-electron chi connectivity index (χ2n) is 7.60. The summed E-state index contributed by atoms with van der Waals surface area (Å²) < 4.78 is 5.65. The van der Waals surface area contributed by atoms with E-state index in [1.165, 1.54) is 5.56 Å². The Morgan fingerprint density at radius 2 is 1.64 bits per heavy atom. The number of carbonyl (C=O) groups is 2. The van der Waals surface area contributed by atoms with Crippen LogP contribution in [0.25, 0.3) is 0 Å². The first-order valence-corrected chi connectivity index (χ1v) is 9.39. The van der Waals surface area contributed by atoms with Crippen LogP contribution in [0, 0.1) is 0 Å². The molecule has 2 aromatic rings. The standard InChI is InChI=1S/C22H29N3O3/c1-16(24-21(27)25-18-8-6-5-7-9-18)20(26)23-14-15-28-19-12-10-17(11-13-19)22(2,3)4/h5-13,16H,14-15H2,1-4H3,(H,23,26)(H2,24,25,27). The average molecular weight is 383 g/mol. The molecule has 0 spiro atoms. The number of rotatable bonds is 7. The first-order valence-electron chi connectivity index (χ1n) is 9.39. The summed E-state index contributed by atoms with van der Waals surface area (Å²) in [6.07, 6.45) is 0. The molecular formula is C22H29N3O3. The Bertz CT molecular complexity index is 768. The number of hydrogen-bond donors (Lipinski definition) is 3. The van der Waals surface area contributed by atoms with E-state index in [9.17, 15) is 9.59 Å². The molecule has 0 fully saturated rings. The molecule has 2 aromatic carbocycles. The molecule has 1 atom stereocenters. The average Bonchev–Trinajstić information content (AvgIpc) is 2.65. The van der Waals surface area contributed by atoms with E-state index < -0.39 is 12.1 Å². The van der Waals surface area contributed by atoms with Crippen LogP contribution in [-0.2, 0) is 10.2 Å². The molecule has 0 aliphatic rings. The van der Waals surface area contributed by atoms with Gasteiger partial charge in [0.25, 0.3) is 0 Å². The van der Waals surface area contributed by atoms with E-state index >= 15 is 0 Å². The van der Waals surface area contributed by atoms with Crippen LogP contribution >= 0.6 is 0 Å². The van der Waals surface area contributed by atoms with E-state index in [0.29, 0.717) is 18.8 Å². The first kappa shape index (κ1) is 21.3. The summed E-state index contributed by atoms with van der Waals surface area (Å²) in [4.78, 5) is 24.0. The quantitative estimate of drug-likeness (QED) is 0.638. The minimum atomic E-state index is -0.658. The zero-order chi connectivity index (χ0) is 20.6. The second-order valence-corrected chi connectivity index (χ2v) is 7.60. The van der Waals surface area contributed by atoms with Crippen LogP contribution in [0.1, 0.15) is 33.3 Å². The maximum absolute atomic E-state index is 12.1. The van der Waals surface area contributed by atoms with Crippen molar-refractivity contribution in [1.82, 2.24) is 10.6 Å². The molecule has 6 nitrogen and oxygen atoms in total. The highest BCUT2D eigenvalue weighted by molar-refractivity contribution is 5.93. The molecule has 0 aliphatic carbocycles. The lowest BCUT2D eigenvalue weighted by Gasteiger charge is -2.19. The number of ether oxygens (including phenoxy) is 1. The fraction of sp³-hybridized carbons (Fsp3) is 0.364. The topological polar surface area (TPSA) is 79.5 Å². The van der Waals surface area contributed by atoms with Gasteiger partial charge in [0.05, 0.1) is 6.54 Å². The minimum Gasteiger partial charge on any atom is -0.492 e. The van der Waals surface area contributed by atoms with Crippen LogP contribution in [-0.4, -0.2) is 31.1 Å². The summed E-state index contributed by atoms with van der Waals surface area (Å²) in [5, 5.41) is 8.03. The van der Waals surface area contributed by atoms with Gasteiger partial charge in [-0.05, 0) is 42.2 Å². The third kappa shape index (κ3) is 6.95. The Labute approximate surface area is 166 Å². The number of hydrogen-bond acceptors (Lipinski definition) is 3. The van der Waals surface area contributed by atoms with Crippen molar-refractivity contribution < 1.29 is 14.3 Å². The van der Waals surface area contributed by atoms with E-state index in [0.717, 1.165) is 5.75 Å². The van der Waals surface area contributed by atoms with Crippen molar-refractivity contribution in [3.63, 3.8) is 0 Å². The van der Waals surface area contributed by atoms with E-state index in [2.05, 4.69) is 36.7 Å². The second kappa shape index (κ2) is 9.78. The Kier molecular flexibility index (Phi) is 7.44. The normalized spacial score (nSPS) is 12.0. The first-order chi connectivity index (χ1) is 13.3. The van der Waals surface area contributed by atoms with Crippen molar-refractivity contribution in [2.45, 2.75) is 39.2 Å². The van der Waals surface area contributed by atoms with Crippen LogP contribution in [0.4, 0.5) is 10.5 Å². The molecule has 3 amide bonds. The predicted octanol–water partition coefficient (Wildman–Crippen LogP) is 3.69. The van der Waals surface area contributed by atoms with Gasteiger partial charge in [0.2, 0.25) is 5.91 Å². The van der Waals surface area contributed by atoms with Gasteiger partial charge in [-0.25, -0.2) is 4.79 Å². The van der Waals surface area contributed by atoms with Gasteiger partial charge in [-0.3, -0.25) is 4.79 Å². The van der Waals surface area contributed by atoms with Crippen molar-refractivity contribution in [3.05, 3.63) is 60.2 Å². The van der Waals surface area contributed by atoms with Gasteiger partial charge >= 0.3 is 6.03 Å². The number of benzene rings is 2. The number of amides is 3. The summed E-state index contributed by atoms with van der Waals surface area (Å²) in [5.41, 5.74) is 2.00. The van der Waals surface area contributed by atoms with Gasteiger partial charge in [-0.1, -0.05) is 51.1 Å². The van der Waals surface area contributed by atoms with Crippen molar-refractivity contribution in [2.24, 2.45) is 0 Å². The molecular weight excluding hydrogens is 354 g/mol. The van der Waals surface area contributed by atoms with E-state index in [1.54, 1.807) is 19.1 Å². The molecule has 28 heavy (non-hydrogen) atoms. The molecule has 0 aliphatic heterocycles. The van der Waals surface area contributed by atoms with Gasteiger partial charge in [-0.15, -0.1) is 0 Å². The lowest BCUT2D eigenvalue weighted by molar-refractivity contribution is -0.122. The van der Waals surface area contributed by atoms with Gasteiger partial charge in [0.15, 0.2) is 0 Å². The molecule has 0 saturated carbocycles. The zero-order valence-electron chi connectivity index (χ0n) is 16.9. The predicted molar refractivity (Wildman–Crippen MR) is 112 cm³/mol. The summed E-state index contributed by atoms with van der Waals surface area (Å²) in [6, 6.07) is 15.9. The SMILES string of the molecule is CC(NC(=O)Nc1ccccc1)C(=O)NCCOc1ccc(C(C)(C)C)cc1. The minimum absolute atomic E-state index is 0.0996. The van der Waals surface area contributed by atoms with Gasteiger partial charge in [-0.2, -0.15) is 0 Å². The van der Waals surface area contributed by atoms with Crippen molar-refractivity contribution >= 4 is 17.6 Å². The van der Waals surface area contributed by atoms with Crippen molar-refractivity contribution in [2.75, 3.05) is 18.5 Å². The number of para-hydroxylation sites is 1. The van der Waals surface area contributed by atoms with Crippen LogP contribution in [0.5, 0.6) is 5.75 Å². The Balaban J connectivity index is 1.68. The largest absolute Gasteiger partial charge is 0.492 e. The maximum atomic E-state index is 12.1. The number of anilines is 1. The lowest BCUT2D eigenvalue weighted by Crippen LogP contribution is -2.47. The number of nitrogens with one attached hydrogen (secondary N) is 3. The summed E-state index contributed by atoms with van der Waals surface area (Å²) in [6.45, 7) is 8.82. The molecule has 1 unspecified atom stereocenters. The third-order valence-electron chi connectivity index (χ3n) is 4.16. The fourth-order valence-corrected chi connectivity index (χ4v) is 2.50. The maximum Gasteiger partial charge on any atom is 0.319 e. The van der Waals surface area contributed by atoms with Gasteiger partial charge in [0.1, 0.15) is 18.4 Å². The van der Waals surface area contributed by atoms with Crippen LogP contribution in [0.15, 0.2) is 54.6 Å². The molecule has 0 saturated heterocycles. The van der Waals surface area contributed by atoms with Gasteiger partial charge in [0, 0.05) is 5.69 Å². The molecule has 0 radical (unpaired) electrons. The molecule has 6 heteroatoms. The zero-order valence-corrected chi connectivity index (χ0v) is 16.9. The summed E-state index contributed by atoms with van der Waals surface area (Å²) in [5.74, 6) is 0.491. The number of carbonyl (C=O) groups excluding carboxylic acids is 2. The monoisotopic (exact) mass is 383 g/mol. The highest BCUT2D eigenvalue weighted by Gasteiger charge is 2.15. The van der Waals surface area contributed by atoms with E-state index in [1.807, 2.05) is 42.5 Å². The summed E-state index contributed by atoms with van der Waals surface area (Å²) >= 11 is 0. The molecule has 0 bridgehead atoms. The molecule has 3 N–H and O–H groups in total. The lowest BCUT2D eigenvalue weighted by atomic mass is 9.87. The van der Waals surface area contributed by atoms with Crippen molar-refractivity contribution in [1.29, 1.82) is 0 Å². The molecule has 0 aromatic heterocycles. The van der Waals surface area contributed by atoms with E-state index in [-0.39, 0.29) is 11.3 Å². The molecule has 2 rings (SSSR count). The fourth-order valence-electron chi connectivity index (χ4n) is 2.50. The van der Waals surface area contributed by atoms with Crippen LogP contribution < -0.4 is 20.7 Å². The number of urea groups is 1. The third-order valence-corrected chi connectivity index (χ3v) is 4.16. The molecule has 0 heterocycles. The van der Waals surface area contributed by atoms with E-state index in [4.69, 9.17) is 4.74 Å². The van der Waals surface area contributed by atoms with Gasteiger partial charge < -0.3 is 20.7 Å². The van der Waals surface area contributed by atoms with Crippen LogP contribution in [0.2, 0.25) is 0 Å². The Hall–Kier alpha value is -3.02. The molecule has 150 valence electrons. The van der Waals surface area contributed by atoms with Crippen LogP contribution in [0.3, 0.4) is 0 Å². The summed E-state index contributed by atoms with van der Waals surface area (Å²) in [7, 11) is 0. The van der Waals surface area contributed by atoms with Crippen molar-refractivity contribution in [3.8, 4) is 5.75 Å². The highest BCUT2D eigenvalue weighted by atomic mass is 16.5. The Morgan fingerprint density at radius 3 is 2.25 bits per heavy atom.